The van der Waals surface area contributed by atoms with E-state index in [1.165, 1.54) is 0 Å². The third kappa shape index (κ3) is 1.67. The molecule has 0 spiro atoms. The van der Waals surface area contributed by atoms with Gasteiger partial charge >= 0.3 is 0 Å². The number of H-pyrrole nitrogens is 1. The second-order valence-corrected chi connectivity index (χ2v) is 3.07. The quantitative estimate of drug-likeness (QED) is 0.768. The molecule has 0 saturated heterocycles. The van der Waals surface area contributed by atoms with Gasteiger partial charge in [-0.1, -0.05) is 24.3 Å². The number of aromatic amines is 1. The van der Waals surface area contributed by atoms with Crippen molar-refractivity contribution in [3.05, 3.63) is 42.2 Å². The van der Waals surface area contributed by atoms with E-state index in [9.17, 15) is 0 Å². The number of benzene rings is 1. The van der Waals surface area contributed by atoms with Crippen molar-refractivity contribution in [1.29, 1.82) is 0 Å². The minimum Gasteiger partial charge on any atom is -0.396 e. The zero-order chi connectivity index (χ0) is 9.80. The first-order chi connectivity index (χ1) is 6.92. The molecule has 2 N–H and O–H groups in total. The van der Waals surface area contributed by atoms with Crippen LogP contribution in [0.2, 0.25) is 0 Å². The lowest BCUT2D eigenvalue weighted by Gasteiger charge is -2.04. The number of imidazole rings is 1. The maximum absolute atomic E-state index is 8.91. The van der Waals surface area contributed by atoms with Crippen molar-refractivity contribution >= 4 is 0 Å². The monoisotopic (exact) mass is 188 g/mol. The predicted molar refractivity (Wildman–Crippen MR) is 54.8 cm³/mol. The summed E-state index contributed by atoms with van der Waals surface area (Å²) in [5.74, 6) is 0.856. The molecule has 0 aliphatic rings. The molecule has 2 rings (SSSR count). The lowest BCUT2D eigenvalue weighted by atomic mass is 10.0. The van der Waals surface area contributed by atoms with Gasteiger partial charge in [-0.3, -0.25) is 0 Å². The van der Waals surface area contributed by atoms with Crippen molar-refractivity contribution in [2.45, 2.75) is 6.42 Å². The Labute approximate surface area is 82.4 Å². The van der Waals surface area contributed by atoms with Crippen LogP contribution < -0.4 is 0 Å². The molecule has 0 aliphatic heterocycles. The third-order valence-corrected chi connectivity index (χ3v) is 2.15. The molecule has 0 bridgehead atoms. The fourth-order valence-electron chi connectivity index (χ4n) is 1.50. The lowest BCUT2D eigenvalue weighted by Crippen LogP contribution is -1.94. The molecular formula is C11H12N2O. The Morgan fingerprint density at radius 1 is 1.29 bits per heavy atom. The topological polar surface area (TPSA) is 48.9 Å². The zero-order valence-corrected chi connectivity index (χ0v) is 7.77. The van der Waals surface area contributed by atoms with Crippen LogP contribution in [0.3, 0.4) is 0 Å². The van der Waals surface area contributed by atoms with Gasteiger partial charge in [-0.2, -0.15) is 0 Å². The van der Waals surface area contributed by atoms with Gasteiger partial charge in [0.25, 0.3) is 0 Å². The summed E-state index contributed by atoms with van der Waals surface area (Å²) >= 11 is 0. The smallest absolute Gasteiger partial charge is 0.137 e. The molecule has 0 radical (unpaired) electrons. The summed E-state index contributed by atoms with van der Waals surface area (Å²) in [6, 6.07) is 7.95. The zero-order valence-electron chi connectivity index (χ0n) is 7.77. The Morgan fingerprint density at radius 3 is 2.86 bits per heavy atom. The average Bonchev–Trinajstić information content (AvgIpc) is 2.72. The Bertz CT molecular complexity index is 395. The van der Waals surface area contributed by atoms with E-state index in [4.69, 9.17) is 5.11 Å². The maximum atomic E-state index is 8.91. The van der Waals surface area contributed by atoms with Crippen LogP contribution in [0.4, 0.5) is 0 Å². The first-order valence-electron chi connectivity index (χ1n) is 4.60. The highest BCUT2D eigenvalue weighted by molar-refractivity contribution is 5.59. The van der Waals surface area contributed by atoms with Crippen LogP contribution in [0.1, 0.15) is 5.56 Å². The molecule has 0 fully saturated rings. The molecular weight excluding hydrogens is 176 g/mol. The van der Waals surface area contributed by atoms with Gasteiger partial charge in [-0.25, -0.2) is 4.98 Å². The SMILES string of the molecule is OCCc1ccccc1-c1ncc[nH]1. The van der Waals surface area contributed by atoms with E-state index in [-0.39, 0.29) is 6.61 Å². The Morgan fingerprint density at radius 2 is 2.14 bits per heavy atom. The molecule has 3 nitrogen and oxygen atoms in total. The van der Waals surface area contributed by atoms with Gasteiger partial charge in [-0.15, -0.1) is 0 Å². The van der Waals surface area contributed by atoms with E-state index in [1.54, 1.807) is 12.4 Å². The average molecular weight is 188 g/mol. The Balaban J connectivity index is 2.42. The van der Waals surface area contributed by atoms with Crippen LogP contribution in [0.5, 0.6) is 0 Å². The molecule has 0 atom stereocenters. The number of aliphatic hydroxyl groups excluding tert-OH is 1. The van der Waals surface area contributed by atoms with Gasteiger partial charge in [-0.05, 0) is 12.0 Å². The number of nitrogens with one attached hydrogen (secondary N) is 1. The van der Waals surface area contributed by atoms with Crippen LogP contribution in [0.15, 0.2) is 36.7 Å². The normalized spacial score (nSPS) is 10.4. The van der Waals surface area contributed by atoms with Crippen molar-refractivity contribution in [2.75, 3.05) is 6.61 Å². The summed E-state index contributed by atoms with van der Waals surface area (Å²) in [6.45, 7) is 0.164. The molecule has 0 saturated carbocycles. The van der Waals surface area contributed by atoms with Crippen LogP contribution in [-0.2, 0) is 6.42 Å². The first kappa shape index (κ1) is 8.97. The van der Waals surface area contributed by atoms with E-state index < -0.39 is 0 Å². The molecule has 14 heavy (non-hydrogen) atoms. The van der Waals surface area contributed by atoms with Gasteiger partial charge in [0, 0.05) is 24.6 Å². The van der Waals surface area contributed by atoms with Gasteiger partial charge in [0.15, 0.2) is 0 Å². The standard InChI is InChI=1S/C11H12N2O/c14-8-5-9-3-1-2-4-10(9)11-12-6-7-13-11/h1-4,6-7,14H,5,8H2,(H,12,13). The Kier molecular flexibility index (Phi) is 2.60. The van der Waals surface area contributed by atoms with Crippen molar-refractivity contribution in [1.82, 2.24) is 9.97 Å². The third-order valence-electron chi connectivity index (χ3n) is 2.15. The van der Waals surface area contributed by atoms with Crippen molar-refractivity contribution in [2.24, 2.45) is 0 Å². The summed E-state index contributed by atoms with van der Waals surface area (Å²) in [6.07, 6.45) is 4.19. The molecule has 1 heterocycles. The second kappa shape index (κ2) is 4.07. The highest BCUT2D eigenvalue weighted by Crippen LogP contribution is 2.19. The molecule has 0 unspecified atom stereocenters. The fraction of sp³-hybridized carbons (Fsp3) is 0.182. The largest absolute Gasteiger partial charge is 0.396 e. The minimum atomic E-state index is 0.164. The molecule has 2 aromatic rings. The number of hydrogen-bond donors (Lipinski definition) is 2. The highest BCUT2D eigenvalue weighted by atomic mass is 16.2. The van der Waals surface area contributed by atoms with E-state index in [0.717, 1.165) is 17.0 Å². The number of aromatic nitrogens is 2. The summed E-state index contributed by atoms with van der Waals surface area (Å²) in [4.78, 5) is 7.25. The lowest BCUT2D eigenvalue weighted by molar-refractivity contribution is 0.300. The molecule has 1 aromatic carbocycles. The van der Waals surface area contributed by atoms with E-state index in [0.29, 0.717) is 6.42 Å². The summed E-state index contributed by atoms with van der Waals surface area (Å²) < 4.78 is 0. The number of rotatable bonds is 3. The Hall–Kier alpha value is -1.61. The molecule has 0 aliphatic carbocycles. The number of nitrogens with zero attached hydrogens (tertiary/aromatic N) is 1. The fourth-order valence-corrected chi connectivity index (χ4v) is 1.50. The van der Waals surface area contributed by atoms with E-state index in [1.807, 2.05) is 24.3 Å². The van der Waals surface area contributed by atoms with Crippen LogP contribution in [-0.4, -0.2) is 21.7 Å². The second-order valence-electron chi connectivity index (χ2n) is 3.07. The summed E-state index contributed by atoms with van der Waals surface area (Å²) in [7, 11) is 0. The van der Waals surface area contributed by atoms with Gasteiger partial charge in [0.1, 0.15) is 5.82 Å². The highest BCUT2D eigenvalue weighted by Gasteiger charge is 2.04. The van der Waals surface area contributed by atoms with Crippen LogP contribution >= 0.6 is 0 Å². The van der Waals surface area contributed by atoms with E-state index in [2.05, 4.69) is 9.97 Å². The van der Waals surface area contributed by atoms with Crippen molar-refractivity contribution in [3.8, 4) is 11.4 Å². The van der Waals surface area contributed by atoms with Gasteiger partial charge < -0.3 is 10.1 Å². The molecule has 1 aromatic heterocycles. The molecule has 72 valence electrons. The summed E-state index contributed by atoms with van der Waals surface area (Å²) in [5.41, 5.74) is 2.18. The number of hydrogen-bond acceptors (Lipinski definition) is 2. The minimum absolute atomic E-state index is 0.164. The first-order valence-corrected chi connectivity index (χ1v) is 4.60. The van der Waals surface area contributed by atoms with Gasteiger partial charge in [0.05, 0.1) is 0 Å². The van der Waals surface area contributed by atoms with E-state index >= 15 is 0 Å². The van der Waals surface area contributed by atoms with Crippen molar-refractivity contribution in [3.63, 3.8) is 0 Å². The number of aliphatic hydroxyl groups is 1. The summed E-state index contributed by atoms with van der Waals surface area (Å²) in [5, 5.41) is 8.91. The van der Waals surface area contributed by atoms with Crippen LogP contribution in [0, 0.1) is 0 Å². The van der Waals surface area contributed by atoms with Crippen LogP contribution in [0.25, 0.3) is 11.4 Å². The molecule has 3 heteroatoms. The maximum Gasteiger partial charge on any atom is 0.137 e. The molecule has 0 amide bonds. The predicted octanol–water partition coefficient (Wildman–Crippen LogP) is 1.61. The van der Waals surface area contributed by atoms with Gasteiger partial charge in [0.2, 0.25) is 0 Å². The van der Waals surface area contributed by atoms with Crippen molar-refractivity contribution < 1.29 is 5.11 Å².